The molecule has 0 spiro atoms. The fraction of sp³-hybridized carbons (Fsp3) is 0.333. The van der Waals surface area contributed by atoms with Crippen molar-refractivity contribution in [3.8, 4) is 11.4 Å². The van der Waals surface area contributed by atoms with Gasteiger partial charge < -0.3 is 9.72 Å². The lowest BCUT2D eigenvalue weighted by atomic mass is 10.1. The molecule has 0 atom stereocenters. The Hall–Kier alpha value is -1.46. The Bertz CT molecular complexity index is 635. The van der Waals surface area contributed by atoms with Crippen molar-refractivity contribution < 1.29 is 4.74 Å². The molecule has 2 aromatic rings. The minimum atomic E-state index is -0.139. The van der Waals surface area contributed by atoms with Crippen molar-refractivity contribution in [1.82, 2.24) is 9.97 Å². The summed E-state index contributed by atoms with van der Waals surface area (Å²) in [4.78, 5) is 19.2. The zero-order valence-electron chi connectivity index (χ0n) is 11.6. The average Bonchev–Trinajstić information content (AvgIpc) is 2.45. The largest absolute Gasteiger partial charge is 0.380 e. The number of aromatic amines is 1. The van der Waals surface area contributed by atoms with Gasteiger partial charge in [0.1, 0.15) is 10.3 Å². The molecule has 0 unspecified atom stereocenters. The van der Waals surface area contributed by atoms with E-state index >= 15 is 0 Å². The van der Waals surface area contributed by atoms with Crippen LogP contribution in [0.5, 0.6) is 0 Å². The minimum Gasteiger partial charge on any atom is -0.380 e. The molecule has 106 valence electrons. The van der Waals surface area contributed by atoms with Gasteiger partial charge in [0.2, 0.25) is 0 Å². The van der Waals surface area contributed by atoms with Crippen molar-refractivity contribution in [2.24, 2.45) is 0 Å². The minimum absolute atomic E-state index is 0.139. The van der Waals surface area contributed by atoms with E-state index < -0.39 is 0 Å². The second-order valence-corrected chi connectivity index (χ2v) is 5.35. The molecule has 0 aliphatic carbocycles. The van der Waals surface area contributed by atoms with Gasteiger partial charge in [-0.15, -0.1) is 0 Å². The van der Waals surface area contributed by atoms with Crippen LogP contribution < -0.4 is 5.56 Å². The van der Waals surface area contributed by atoms with E-state index in [1.165, 1.54) is 0 Å². The van der Waals surface area contributed by atoms with E-state index in [0.29, 0.717) is 16.9 Å². The first-order valence-corrected chi connectivity index (χ1v) is 7.32. The zero-order valence-corrected chi connectivity index (χ0v) is 13.2. The van der Waals surface area contributed by atoms with Crippen LogP contribution in [-0.2, 0) is 17.8 Å². The maximum absolute atomic E-state index is 11.9. The number of H-pyrrole nitrogens is 1. The molecule has 0 aliphatic rings. The number of ether oxygens (including phenoxy) is 1. The molecule has 1 aromatic carbocycles. The summed E-state index contributed by atoms with van der Waals surface area (Å²) in [6, 6.07) is 7.83. The summed E-state index contributed by atoms with van der Waals surface area (Å²) in [6.07, 6.45) is 1.72. The maximum atomic E-state index is 11.9. The van der Waals surface area contributed by atoms with E-state index in [1.54, 1.807) is 7.11 Å². The molecule has 0 saturated carbocycles. The van der Waals surface area contributed by atoms with Gasteiger partial charge >= 0.3 is 0 Å². The monoisotopic (exact) mass is 336 g/mol. The number of nitrogens with zero attached hydrogens (tertiary/aromatic N) is 1. The van der Waals surface area contributed by atoms with E-state index in [-0.39, 0.29) is 5.56 Å². The standard InChI is InChI=1S/C15H17BrN2O2/c1-3-4-12-13(16)15(19)18-14(17-12)11-7-5-10(6-8-11)9-20-2/h5-8H,3-4,9H2,1-2H3,(H,17,18,19). The van der Waals surface area contributed by atoms with E-state index in [1.807, 2.05) is 24.3 Å². The Morgan fingerprint density at radius 3 is 2.60 bits per heavy atom. The van der Waals surface area contributed by atoms with Crippen LogP contribution >= 0.6 is 15.9 Å². The number of hydrogen-bond acceptors (Lipinski definition) is 3. The molecule has 0 aliphatic heterocycles. The molecule has 0 bridgehead atoms. The second-order valence-electron chi connectivity index (χ2n) is 4.56. The summed E-state index contributed by atoms with van der Waals surface area (Å²) in [5.41, 5.74) is 2.64. The maximum Gasteiger partial charge on any atom is 0.265 e. The van der Waals surface area contributed by atoms with Crippen LogP contribution in [0.15, 0.2) is 33.5 Å². The number of aryl methyl sites for hydroxylation is 1. The van der Waals surface area contributed by atoms with Gasteiger partial charge in [0.05, 0.1) is 12.3 Å². The number of benzene rings is 1. The van der Waals surface area contributed by atoms with Crippen molar-refractivity contribution in [2.45, 2.75) is 26.4 Å². The predicted molar refractivity (Wildman–Crippen MR) is 82.7 cm³/mol. The lowest BCUT2D eigenvalue weighted by Gasteiger charge is -2.07. The topological polar surface area (TPSA) is 55.0 Å². The van der Waals surface area contributed by atoms with E-state index in [4.69, 9.17) is 4.74 Å². The van der Waals surface area contributed by atoms with E-state index in [9.17, 15) is 4.79 Å². The normalized spacial score (nSPS) is 10.8. The number of halogens is 1. The summed E-state index contributed by atoms with van der Waals surface area (Å²) in [5, 5.41) is 0. The first-order valence-electron chi connectivity index (χ1n) is 6.52. The third-order valence-corrected chi connectivity index (χ3v) is 3.77. The zero-order chi connectivity index (χ0) is 14.5. The first kappa shape index (κ1) is 14.9. The van der Waals surface area contributed by atoms with E-state index in [2.05, 4.69) is 32.8 Å². The molecule has 0 amide bonds. The highest BCUT2D eigenvalue weighted by Crippen LogP contribution is 2.18. The lowest BCUT2D eigenvalue weighted by Crippen LogP contribution is -2.13. The average molecular weight is 337 g/mol. The third kappa shape index (κ3) is 3.35. The molecular formula is C15H17BrN2O2. The fourth-order valence-corrected chi connectivity index (χ4v) is 2.36. The van der Waals surface area contributed by atoms with Crippen LogP contribution in [0.25, 0.3) is 11.4 Å². The van der Waals surface area contributed by atoms with Crippen LogP contribution in [0.1, 0.15) is 24.6 Å². The summed E-state index contributed by atoms with van der Waals surface area (Å²) in [5.74, 6) is 0.602. The van der Waals surface area contributed by atoms with Crippen molar-refractivity contribution >= 4 is 15.9 Å². The summed E-state index contributed by atoms with van der Waals surface area (Å²) in [7, 11) is 1.67. The van der Waals surface area contributed by atoms with Crippen LogP contribution in [0, 0.1) is 0 Å². The van der Waals surface area contributed by atoms with Crippen LogP contribution in [-0.4, -0.2) is 17.1 Å². The number of rotatable bonds is 5. The fourth-order valence-electron chi connectivity index (χ4n) is 1.97. The third-order valence-electron chi connectivity index (χ3n) is 2.96. The molecule has 0 fully saturated rings. The van der Waals surface area contributed by atoms with Crippen LogP contribution in [0.2, 0.25) is 0 Å². The Morgan fingerprint density at radius 2 is 2.00 bits per heavy atom. The van der Waals surface area contributed by atoms with Crippen LogP contribution in [0.3, 0.4) is 0 Å². The second kappa shape index (κ2) is 6.81. The van der Waals surface area contributed by atoms with Crippen molar-refractivity contribution in [1.29, 1.82) is 0 Å². The van der Waals surface area contributed by atoms with Gasteiger partial charge in [0.15, 0.2) is 0 Å². The van der Waals surface area contributed by atoms with Crippen molar-refractivity contribution in [2.75, 3.05) is 7.11 Å². The highest BCUT2D eigenvalue weighted by atomic mass is 79.9. The SMILES string of the molecule is CCCc1nc(-c2ccc(COC)cc2)[nH]c(=O)c1Br. The molecule has 1 heterocycles. The van der Waals surface area contributed by atoms with Gasteiger partial charge in [-0.05, 0) is 27.9 Å². The molecule has 0 saturated heterocycles. The molecule has 0 radical (unpaired) electrons. The highest BCUT2D eigenvalue weighted by Gasteiger charge is 2.09. The van der Waals surface area contributed by atoms with Crippen LogP contribution in [0.4, 0.5) is 0 Å². The lowest BCUT2D eigenvalue weighted by molar-refractivity contribution is 0.185. The Kier molecular flexibility index (Phi) is 5.09. The van der Waals surface area contributed by atoms with Crippen molar-refractivity contribution in [3.05, 3.63) is 50.3 Å². The Labute approximate surface area is 126 Å². The molecule has 20 heavy (non-hydrogen) atoms. The van der Waals surface area contributed by atoms with Gasteiger partial charge in [-0.2, -0.15) is 0 Å². The Morgan fingerprint density at radius 1 is 1.30 bits per heavy atom. The smallest absolute Gasteiger partial charge is 0.265 e. The predicted octanol–water partition coefficient (Wildman–Crippen LogP) is 3.30. The van der Waals surface area contributed by atoms with Gasteiger partial charge in [0.25, 0.3) is 5.56 Å². The number of nitrogens with one attached hydrogen (secondary N) is 1. The Balaban J connectivity index is 2.39. The molecular weight excluding hydrogens is 320 g/mol. The quantitative estimate of drug-likeness (QED) is 0.911. The number of methoxy groups -OCH3 is 1. The summed E-state index contributed by atoms with van der Waals surface area (Å²) in [6.45, 7) is 2.64. The van der Waals surface area contributed by atoms with E-state index in [0.717, 1.165) is 29.7 Å². The number of aromatic nitrogens is 2. The molecule has 1 N–H and O–H groups in total. The molecule has 2 rings (SSSR count). The van der Waals surface area contributed by atoms with Crippen molar-refractivity contribution in [3.63, 3.8) is 0 Å². The molecule has 1 aromatic heterocycles. The van der Waals surface area contributed by atoms with Gasteiger partial charge in [0, 0.05) is 12.7 Å². The van der Waals surface area contributed by atoms with Gasteiger partial charge in [-0.3, -0.25) is 4.79 Å². The molecule has 5 heteroatoms. The summed E-state index contributed by atoms with van der Waals surface area (Å²) < 4.78 is 5.61. The highest BCUT2D eigenvalue weighted by molar-refractivity contribution is 9.10. The van der Waals surface area contributed by atoms with Gasteiger partial charge in [-0.1, -0.05) is 37.6 Å². The number of hydrogen-bond donors (Lipinski definition) is 1. The first-order chi connectivity index (χ1) is 9.65. The molecule has 4 nitrogen and oxygen atoms in total. The van der Waals surface area contributed by atoms with Gasteiger partial charge in [-0.25, -0.2) is 4.98 Å². The summed E-state index contributed by atoms with van der Waals surface area (Å²) >= 11 is 3.30.